The molecule has 3 N–H and O–H groups in total. The van der Waals surface area contributed by atoms with Gasteiger partial charge in [0.2, 0.25) is 5.91 Å². The summed E-state index contributed by atoms with van der Waals surface area (Å²) in [4.78, 5) is 12.6. The molecule has 0 unspecified atom stereocenters. The molecule has 0 radical (unpaired) electrons. The van der Waals surface area contributed by atoms with E-state index in [-0.39, 0.29) is 17.1 Å². The largest absolute Gasteiger partial charge is 0.397 e. The smallest absolute Gasteiger partial charge is 0.234 e. The number of rotatable bonds is 4. The Morgan fingerprint density at radius 3 is 2.55 bits per heavy atom. The molecule has 0 heterocycles. The first-order valence-electron chi connectivity index (χ1n) is 5.79. The van der Waals surface area contributed by atoms with Crippen LogP contribution in [-0.4, -0.2) is 11.7 Å². The monoisotopic (exact) mass is 294 g/mol. The molecule has 0 saturated carbocycles. The minimum absolute atomic E-state index is 0.0121. The van der Waals surface area contributed by atoms with Crippen molar-refractivity contribution in [3.05, 3.63) is 54.1 Å². The van der Waals surface area contributed by atoms with Crippen molar-refractivity contribution in [2.45, 2.75) is 4.90 Å². The lowest BCUT2D eigenvalue weighted by molar-refractivity contribution is -0.113. The highest BCUT2D eigenvalue weighted by molar-refractivity contribution is 8.00. The van der Waals surface area contributed by atoms with Crippen LogP contribution in [0.25, 0.3) is 0 Å². The van der Waals surface area contributed by atoms with Gasteiger partial charge in [0, 0.05) is 4.90 Å². The van der Waals surface area contributed by atoms with Crippen molar-refractivity contribution in [3.8, 4) is 0 Å². The van der Waals surface area contributed by atoms with E-state index in [0.29, 0.717) is 0 Å². The maximum atomic E-state index is 13.5. The van der Waals surface area contributed by atoms with Crippen molar-refractivity contribution in [3.63, 3.8) is 0 Å². The highest BCUT2D eigenvalue weighted by atomic mass is 32.2. The Bertz CT molecular complexity index is 620. The first-order chi connectivity index (χ1) is 9.58. The fourth-order valence-electron chi connectivity index (χ4n) is 1.53. The number of hydrogen-bond donors (Lipinski definition) is 2. The zero-order valence-corrected chi connectivity index (χ0v) is 11.2. The fraction of sp³-hybridized carbons (Fsp3) is 0.0714. The third-order valence-corrected chi connectivity index (χ3v) is 3.52. The summed E-state index contributed by atoms with van der Waals surface area (Å²) in [5.41, 5.74) is 5.19. The molecule has 104 valence electrons. The van der Waals surface area contributed by atoms with Gasteiger partial charge in [-0.05, 0) is 24.3 Å². The van der Waals surface area contributed by atoms with Gasteiger partial charge in [-0.2, -0.15) is 0 Å². The summed E-state index contributed by atoms with van der Waals surface area (Å²) in [6, 6.07) is 11.4. The van der Waals surface area contributed by atoms with Crippen LogP contribution in [0.1, 0.15) is 0 Å². The van der Waals surface area contributed by atoms with Gasteiger partial charge in [-0.1, -0.05) is 18.2 Å². The molecular formula is C14H12F2N2OS. The van der Waals surface area contributed by atoms with E-state index in [1.54, 1.807) is 0 Å². The number of hydrogen-bond acceptors (Lipinski definition) is 3. The summed E-state index contributed by atoms with van der Waals surface area (Å²) in [6.45, 7) is 0. The molecule has 2 rings (SSSR count). The number of amides is 1. The topological polar surface area (TPSA) is 55.1 Å². The second-order valence-corrected chi connectivity index (χ2v) is 5.02. The van der Waals surface area contributed by atoms with Gasteiger partial charge in [-0.3, -0.25) is 4.79 Å². The Hall–Kier alpha value is -2.08. The number of anilines is 2. The molecule has 0 atom stereocenters. The molecule has 1 amide bonds. The van der Waals surface area contributed by atoms with Crippen LogP contribution in [0.3, 0.4) is 0 Å². The first kappa shape index (κ1) is 14.3. The molecule has 0 bridgehead atoms. The molecule has 0 aliphatic rings. The quantitative estimate of drug-likeness (QED) is 0.672. The fourth-order valence-corrected chi connectivity index (χ4v) is 2.25. The van der Waals surface area contributed by atoms with Gasteiger partial charge in [0.1, 0.15) is 5.69 Å². The Morgan fingerprint density at radius 1 is 1.15 bits per heavy atom. The average Bonchev–Trinajstić information content (AvgIpc) is 2.46. The number of nitrogens with two attached hydrogens (primary N) is 1. The predicted molar refractivity (Wildman–Crippen MR) is 76.6 cm³/mol. The van der Waals surface area contributed by atoms with Gasteiger partial charge in [0.05, 0.1) is 11.4 Å². The molecule has 0 aromatic heterocycles. The van der Waals surface area contributed by atoms with Crippen molar-refractivity contribution >= 4 is 29.0 Å². The van der Waals surface area contributed by atoms with Crippen LogP contribution in [0.4, 0.5) is 20.2 Å². The van der Waals surface area contributed by atoms with Gasteiger partial charge in [-0.15, -0.1) is 11.8 Å². The number of benzene rings is 2. The maximum Gasteiger partial charge on any atom is 0.234 e. The Morgan fingerprint density at radius 2 is 1.85 bits per heavy atom. The molecule has 2 aromatic rings. The van der Waals surface area contributed by atoms with Crippen LogP contribution in [0, 0.1) is 11.6 Å². The summed E-state index contributed by atoms with van der Waals surface area (Å²) in [5, 5.41) is 2.29. The molecule has 0 fully saturated rings. The van der Waals surface area contributed by atoms with E-state index < -0.39 is 17.5 Å². The minimum atomic E-state index is -1.15. The van der Waals surface area contributed by atoms with E-state index in [0.717, 1.165) is 11.0 Å². The molecule has 6 heteroatoms. The highest BCUT2D eigenvalue weighted by Gasteiger charge is 2.14. The lowest BCUT2D eigenvalue weighted by atomic mass is 10.2. The normalized spacial score (nSPS) is 10.3. The second kappa shape index (κ2) is 6.38. The SMILES string of the molecule is Nc1ccc(F)c(F)c1NC(=O)CSc1ccccc1. The summed E-state index contributed by atoms with van der Waals surface area (Å²) in [7, 11) is 0. The van der Waals surface area contributed by atoms with Gasteiger partial charge in [0.25, 0.3) is 0 Å². The Balaban J connectivity index is 2.00. The number of halogens is 2. The van der Waals surface area contributed by atoms with E-state index in [1.807, 2.05) is 30.3 Å². The van der Waals surface area contributed by atoms with E-state index in [1.165, 1.54) is 17.8 Å². The Kier molecular flexibility index (Phi) is 4.57. The third kappa shape index (κ3) is 3.48. The van der Waals surface area contributed by atoms with Crippen molar-refractivity contribution < 1.29 is 13.6 Å². The van der Waals surface area contributed by atoms with Crippen LogP contribution < -0.4 is 11.1 Å². The summed E-state index contributed by atoms with van der Waals surface area (Å²) in [6.07, 6.45) is 0. The number of thioether (sulfide) groups is 1. The van der Waals surface area contributed by atoms with Crippen molar-refractivity contribution in [1.29, 1.82) is 0 Å². The lowest BCUT2D eigenvalue weighted by Crippen LogP contribution is -2.16. The third-order valence-electron chi connectivity index (χ3n) is 2.50. The van der Waals surface area contributed by atoms with Crippen molar-refractivity contribution in [2.24, 2.45) is 0 Å². The number of nitrogens with one attached hydrogen (secondary N) is 1. The molecule has 20 heavy (non-hydrogen) atoms. The summed E-state index contributed by atoms with van der Waals surface area (Å²) >= 11 is 1.29. The number of carbonyl (C=O) groups is 1. The number of nitrogen functional groups attached to an aromatic ring is 1. The van der Waals surface area contributed by atoms with E-state index in [4.69, 9.17) is 5.73 Å². The zero-order valence-electron chi connectivity index (χ0n) is 10.4. The summed E-state index contributed by atoms with van der Waals surface area (Å²) < 4.78 is 26.6. The van der Waals surface area contributed by atoms with Gasteiger partial charge >= 0.3 is 0 Å². The zero-order chi connectivity index (χ0) is 14.5. The molecule has 3 nitrogen and oxygen atoms in total. The van der Waals surface area contributed by atoms with Crippen LogP contribution in [0.15, 0.2) is 47.4 Å². The van der Waals surface area contributed by atoms with Gasteiger partial charge in [-0.25, -0.2) is 8.78 Å². The molecule has 0 aliphatic heterocycles. The lowest BCUT2D eigenvalue weighted by Gasteiger charge is -2.09. The number of carbonyl (C=O) groups excluding carboxylic acids is 1. The van der Waals surface area contributed by atoms with E-state index >= 15 is 0 Å². The molecular weight excluding hydrogens is 282 g/mol. The highest BCUT2D eigenvalue weighted by Crippen LogP contribution is 2.25. The second-order valence-electron chi connectivity index (χ2n) is 3.98. The molecule has 0 spiro atoms. The van der Waals surface area contributed by atoms with Crippen LogP contribution in [0.5, 0.6) is 0 Å². The standard InChI is InChI=1S/C14H12F2N2OS/c15-10-6-7-11(17)14(13(10)16)18-12(19)8-20-9-4-2-1-3-5-9/h1-7H,8,17H2,(H,18,19). The molecule has 0 saturated heterocycles. The van der Waals surface area contributed by atoms with Crippen LogP contribution >= 0.6 is 11.8 Å². The van der Waals surface area contributed by atoms with Gasteiger partial charge in [0.15, 0.2) is 11.6 Å². The summed E-state index contributed by atoms with van der Waals surface area (Å²) in [5.74, 6) is -2.57. The molecule has 2 aromatic carbocycles. The predicted octanol–water partition coefficient (Wildman–Crippen LogP) is 3.28. The van der Waals surface area contributed by atoms with Crippen molar-refractivity contribution in [1.82, 2.24) is 0 Å². The van der Waals surface area contributed by atoms with Crippen LogP contribution in [0.2, 0.25) is 0 Å². The van der Waals surface area contributed by atoms with E-state index in [2.05, 4.69) is 5.32 Å². The maximum absolute atomic E-state index is 13.5. The van der Waals surface area contributed by atoms with Crippen LogP contribution in [-0.2, 0) is 4.79 Å². The van der Waals surface area contributed by atoms with Crippen molar-refractivity contribution in [2.75, 3.05) is 16.8 Å². The van der Waals surface area contributed by atoms with E-state index in [9.17, 15) is 13.6 Å². The molecule has 0 aliphatic carbocycles. The Labute approximate surface area is 119 Å². The van der Waals surface area contributed by atoms with Gasteiger partial charge < -0.3 is 11.1 Å². The average molecular weight is 294 g/mol. The first-order valence-corrected chi connectivity index (χ1v) is 6.77. The minimum Gasteiger partial charge on any atom is -0.397 e.